The molecule has 0 radical (unpaired) electrons. The second-order valence-electron chi connectivity index (χ2n) is 7.20. The summed E-state index contributed by atoms with van der Waals surface area (Å²) in [6.45, 7) is 3.99. The molecular formula is C21H21IN6O4S. The van der Waals surface area contributed by atoms with Crippen molar-refractivity contribution in [1.82, 2.24) is 20.1 Å². The predicted octanol–water partition coefficient (Wildman–Crippen LogP) is 3.61. The average Bonchev–Trinajstić information content (AvgIpc) is 3.12. The number of hydrogen-bond acceptors (Lipinski definition) is 7. The Kier molecular flexibility index (Phi) is 8.02. The van der Waals surface area contributed by atoms with Crippen LogP contribution in [0.15, 0.2) is 41.6 Å². The van der Waals surface area contributed by atoms with Crippen molar-refractivity contribution >= 4 is 57.5 Å². The van der Waals surface area contributed by atoms with Crippen LogP contribution in [0.2, 0.25) is 0 Å². The van der Waals surface area contributed by atoms with E-state index in [0.29, 0.717) is 11.0 Å². The molecule has 12 heteroatoms. The number of nitro groups is 1. The van der Waals surface area contributed by atoms with Crippen LogP contribution in [0.3, 0.4) is 0 Å². The van der Waals surface area contributed by atoms with Gasteiger partial charge in [-0.3, -0.25) is 19.7 Å². The monoisotopic (exact) mass is 580 g/mol. The third-order valence-corrected chi connectivity index (χ3v) is 6.39. The van der Waals surface area contributed by atoms with Crippen LogP contribution >= 0.6 is 34.4 Å². The first-order valence-corrected chi connectivity index (χ1v) is 11.8. The van der Waals surface area contributed by atoms with Gasteiger partial charge in [0.15, 0.2) is 11.0 Å². The van der Waals surface area contributed by atoms with Gasteiger partial charge < -0.3 is 15.2 Å². The summed E-state index contributed by atoms with van der Waals surface area (Å²) in [5, 5.41) is 25.2. The fourth-order valence-electron chi connectivity index (χ4n) is 3.06. The molecule has 10 nitrogen and oxygen atoms in total. The lowest BCUT2D eigenvalue weighted by Crippen LogP contribution is -2.24. The quantitative estimate of drug-likeness (QED) is 0.180. The van der Waals surface area contributed by atoms with Crippen molar-refractivity contribution in [3.8, 4) is 0 Å². The van der Waals surface area contributed by atoms with Crippen LogP contribution in [0.1, 0.15) is 27.3 Å². The Balaban J connectivity index is 1.56. The van der Waals surface area contributed by atoms with Crippen molar-refractivity contribution in [1.29, 1.82) is 0 Å². The number of carbonyl (C=O) groups excluding carboxylic acids is 2. The number of nitrogens with zero attached hydrogens (tertiary/aromatic N) is 4. The summed E-state index contributed by atoms with van der Waals surface area (Å²) in [4.78, 5) is 35.1. The van der Waals surface area contributed by atoms with Gasteiger partial charge in [0, 0.05) is 34.0 Å². The van der Waals surface area contributed by atoms with Gasteiger partial charge in [0.25, 0.3) is 11.6 Å². The Hall–Kier alpha value is -3.00. The standard InChI is InChI=1S/C21H21IN6O4S/c1-12-7-15(22)8-13(2)19(12)24-18(29)11-33-21-26-25-17(27(21)3)10-23-20(30)14-5-4-6-16(9-14)28(31)32/h4-9H,10-11H2,1-3H3,(H,23,30)(H,24,29). The minimum Gasteiger partial charge on any atom is -0.345 e. The normalized spacial score (nSPS) is 10.7. The van der Waals surface area contributed by atoms with E-state index in [2.05, 4.69) is 43.4 Å². The molecule has 2 aromatic carbocycles. The lowest BCUT2D eigenvalue weighted by molar-refractivity contribution is -0.384. The number of carbonyl (C=O) groups is 2. The Morgan fingerprint density at radius 3 is 2.55 bits per heavy atom. The number of aryl methyl sites for hydroxylation is 2. The number of anilines is 1. The van der Waals surface area contributed by atoms with Crippen molar-refractivity contribution in [3.63, 3.8) is 0 Å². The smallest absolute Gasteiger partial charge is 0.270 e. The number of benzene rings is 2. The summed E-state index contributed by atoms with van der Waals surface area (Å²) < 4.78 is 2.80. The fourth-order valence-corrected chi connectivity index (χ4v) is 4.72. The van der Waals surface area contributed by atoms with Gasteiger partial charge in [-0.15, -0.1) is 10.2 Å². The zero-order valence-corrected chi connectivity index (χ0v) is 21.1. The van der Waals surface area contributed by atoms with E-state index >= 15 is 0 Å². The van der Waals surface area contributed by atoms with Gasteiger partial charge in [-0.05, 0) is 65.8 Å². The zero-order valence-electron chi connectivity index (χ0n) is 18.1. The lowest BCUT2D eigenvalue weighted by Gasteiger charge is -2.12. The molecule has 172 valence electrons. The van der Waals surface area contributed by atoms with E-state index in [-0.39, 0.29) is 29.5 Å². The molecule has 0 saturated heterocycles. The molecule has 0 saturated carbocycles. The number of nitro benzene ring substituents is 1. The van der Waals surface area contributed by atoms with Crippen LogP contribution in [-0.2, 0) is 18.4 Å². The number of nitrogens with one attached hydrogen (secondary N) is 2. The molecule has 0 aliphatic rings. The van der Waals surface area contributed by atoms with Gasteiger partial charge >= 0.3 is 0 Å². The summed E-state index contributed by atoms with van der Waals surface area (Å²) in [5.74, 6) is 0.0205. The van der Waals surface area contributed by atoms with Crippen LogP contribution in [0, 0.1) is 27.5 Å². The molecule has 3 rings (SSSR count). The summed E-state index contributed by atoms with van der Waals surface area (Å²) in [7, 11) is 1.74. The highest BCUT2D eigenvalue weighted by Gasteiger charge is 2.15. The molecule has 2 N–H and O–H groups in total. The molecule has 2 amide bonds. The number of thioether (sulfide) groups is 1. The summed E-state index contributed by atoms with van der Waals surface area (Å²) in [5.41, 5.74) is 2.83. The Morgan fingerprint density at radius 2 is 1.88 bits per heavy atom. The number of halogens is 1. The number of hydrogen-bond donors (Lipinski definition) is 2. The van der Waals surface area contributed by atoms with Gasteiger partial charge in [0.2, 0.25) is 5.91 Å². The van der Waals surface area contributed by atoms with Crippen molar-refractivity contribution in [3.05, 3.63) is 72.6 Å². The third kappa shape index (κ3) is 6.28. The molecule has 3 aromatic rings. The highest BCUT2D eigenvalue weighted by Crippen LogP contribution is 2.24. The molecule has 1 heterocycles. The third-order valence-electron chi connectivity index (χ3n) is 4.75. The SMILES string of the molecule is Cc1cc(I)cc(C)c1NC(=O)CSc1nnc(CNC(=O)c2cccc([N+](=O)[O-])c2)n1C. The van der Waals surface area contributed by atoms with Crippen LogP contribution in [0.4, 0.5) is 11.4 Å². The minimum absolute atomic E-state index is 0.0822. The topological polar surface area (TPSA) is 132 Å². The average molecular weight is 580 g/mol. The van der Waals surface area contributed by atoms with E-state index in [9.17, 15) is 19.7 Å². The van der Waals surface area contributed by atoms with Gasteiger partial charge in [-0.2, -0.15) is 0 Å². The van der Waals surface area contributed by atoms with Gasteiger partial charge in [0.05, 0.1) is 17.2 Å². The molecule has 0 spiro atoms. The summed E-state index contributed by atoms with van der Waals surface area (Å²) >= 11 is 3.48. The summed E-state index contributed by atoms with van der Waals surface area (Å²) in [6, 6.07) is 9.49. The van der Waals surface area contributed by atoms with Gasteiger partial charge in [0.1, 0.15) is 0 Å². The largest absolute Gasteiger partial charge is 0.345 e. The van der Waals surface area contributed by atoms with E-state index in [1.807, 2.05) is 26.0 Å². The van der Waals surface area contributed by atoms with Crippen molar-refractivity contribution in [2.45, 2.75) is 25.5 Å². The van der Waals surface area contributed by atoms with E-state index in [1.54, 1.807) is 11.6 Å². The molecule has 0 fully saturated rings. The number of rotatable bonds is 8. The van der Waals surface area contributed by atoms with E-state index < -0.39 is 10.8 Å². The molecule has 33 heavy (non-hydrogen) atoms. The lowest BCUT2D eigenvalue weighted by atomic mass is 10.1. The van der Waals surface area contributed by atoms with Crippen molar-refractivity contribution in [2.75, 3.05) is 11.1 Å². The highest BCUT2D eigenvalue weighted by molar-refractivity contribution is 14.1. The first kappa shape index (κ1) is 24.6. The number of aromatic nitrogens is 3. The Bertz CT molecular complexity index is 1210. The molecule has 0 aliphatic heterocycles. The van der Waals surface area contributed by atoms with Crippen molar-refractivity contribution in [2.24, 2.45) is 7.05 Å². The second-order valence-corrected chi connectivity index (χ2v) is 9.39. The van der Waals surface area contributed by atoms with Crippen molar-refractivity contribution < 1.29 is 14.5 Å². The van der Waals surface area contributed by atoms with Crippen LogP contribution in [0.25, 0.3) is 0 Å². The van der Waals surface area contributed by atoms with Crippen LogP contribution in [0.5, 0.6) is 0 Å². The van der Waals surface area contributed by atoms with Gasteiger partial charge in [-0.25, -0.2) is 0 Å². The molecular weight excluding hydrogens is 559 g/mol. The van der Waals surface area contributed by atoms with Gasteiger partial charge in [-0.1, -0.05) is 17.8 Å². The van der Waals surface area contributed by atoms with Crippen LogP contribution < -0.4 is 10.6 Å². The Labute approximate surface area is 207 Å². The molecule has 0 atom stereocenters. The minimum atomic E-state index is -0.555. The van der Waals surface area contributed by atoms with E-state index in [1.165, 1.54) is 36.0 Å². The predicted molar refractivity (Wildman–Crippen MR) is 133 cm³/mol. The maximum absolute atomic E-state index is 12.4. The number of amides is 2. The first-order valence-electron chi connectivity index (χ1n) is 9.76. The fraction of sp³-hybridized carbons (Fsp3) is 0.238. The van der Waals surface area contributed by atoms with E-state index in [0.717, 1.165) is 20.4 Å². The summed E-state index contributed by atoms with van der Waals surface area (Å²) in [6.07, 6.45) is 0. The molecule has 0 bridgehead atoms. The van der Waals surface area contributed by atoms with Crippen LogP contribution in [-0.4, -0.2) is 37.3 Å². The first-order chi connectivity index (χ1) is 15.7. The maximum Gasteiger partial charge on any atom is 0.270 e. The maximum atomic E-state index is 12.4. The molecule has 0 aliphatic carbocycles. The highest BCUT2D eigenvalue weighted by atomic mass is 127. The second kappa shape index (κ2) is 10.7. The molecule has 1 aromatic heterocycles. The van der Waals surface area contributed by atoms with E-state index in [4.69, 9.17) is 0 Å². The molecule has 0 unspecified atom stereocenters. The zero-order chi connectivity index (χ0) is 24.1. The Morgan fingerprint density at radius 1 is 1.18 bits per heavy atom. The number of non-ortho nitro benzene ring substituents is 1.